The predicted octanol–water partition coefficient (Wildman–Crippen LogP) is 0.515. The van der Waals surface area contributed by atoms with Crippen molar-refractivity contribution in [2.24, 2.45) is 0 Å². The molecule has 1 aromatic carbocycles. The quantitative estimate of drug-likeness (QED) is 0.865. The van der Waals surface area contributed by atoms with Crippen LogP contribution in [0, 0.1) is 0 Å². The Morgan fingerprint density at radius 1 is 1.39 bits per heavy atom. The summed E-state index contributed by atoms with van der Waals surface area (Å²) in [4.78, 5) is 10.7. The third kappa shape index (κ3) is 2.64. The maximum absolute atomic E-state index is 12.2. The molecule has 0 atom stereocenters. The van der Waals surface area contributed by atoms with Gasteiger partial charge in [-0.1, -0.05) is 18.2 Å². The van der Waals surface area contributed by atoms with Gasteiger partial charge >= 0.3 is 0 Å². The van der Waals surface area contributed by atoms with E-state index in [-0.39, 0.29) is 18.2 Å². The number of fused-ring (bicyclic) bond motifs is 1. The van der Waals surface area contributed by atoms with E-state index in [1.54, 1.807) is 0 Å². The fourth-order valence-corrected chi connectivity index (χ4v) is 3.49. The van der Waals surface area contributed by atoms with Gasteiger partial charge in [0.2, 0.25) is 15.9 Å². The molecule has 0 radical (unpaired) electrons. The smallest absolute Gasteiger partial charge is 0.236 e. The Labute approximate surface area is 107 Å². The first kappa shape index (κ1) is 12.9. The number of carbonyl (C=O) groups excluding carboxylic acids is 1. The van der Waals surface area contributed by atoms with Crippen LogP contribution in [-0.2, 0) is 21.2 Å². The number of amides is 1. The first-order chi connectivity index (χ1) is 8.50. The van der Waals surface area contributed by atoms with Gasteiger partial charge in [-0.2, -0.15) is 0 Å². The van der Waals surface area contributed by atoms with Gasteiger partial charge in [0.05, 0.1) is 11.4 Å². The molecule has 6 heteroatoms. The average Bonchev–Trinajstić information content (AvgIpc) is 2.72. The molecular weight excluding hydrogens is 252 g/mol. The molecule has 5 nitrogen and oxygen atoms in total. The summed E-state index contributed by atoms with van der Waals surface area (Å²) in [5.74, 6) is -0.284. The van der Waals surface area contributed by atoms with E-state index in [2.05, 4.69) is 5.32 Å². The minimum atomic E-state index is -3.35. The number of nitrogens with zero attached hydrogens (tertiary/aromatic N) is 1. The van der Waals surface area contributed by atoms with Crippen LogP contribution in [0.5, 0.6) is 0 Å². The maximum atomic E-state index is 12.2. The number of nitrogens with one attached hydrogen (secondary N) is 1. The summed E-state index contributed by atoms with van der Waals surface area (Å²) in [5, 5.41) is 2.50. The summed E-state index contributed by atoms with van der Waals surface area (Å²) in [5.41, 5.74) is 1.82. The molecule has 1 N–H and O–H groups in total. The van der Waals surface area contributed by atoms with Crippen LogP contribution in [0.4, 0.5) is 5.69 Å². The number of carbonyl (C=O) groups is 1. The molecule has 1 aliphatic heterocycles. The van der Waals surface area contributed by atoms with Gasteiger partial charge in [0.25, 0.3) is 0 Å². The van der Waals surface area contributed by atoms with Crippen molar-refractivity contribution in [2.75, 3.05) is 23.1 Å². The van der Waals surface area contributed by atoms with Crippen LogP contribution in [0.2, 0.25) is 0 Å². The Kier molecular flexibility index (Phi) is 3.56. The van der Waals surface area contributed by atoms with E-state index in [9.17, 15) is 13.2 Å². The van der Waals surface area contributed by atoms with Crippen molar-refractivity contribution in [1.82, 2.24) is 5.32 Å². The fourth-order valence-electron chi connectivity index (χ4n) is 2.06. The zero-order valence-electron chi connectivity index (χ0n) is 10.2. The molecule has 0 spiro atoms. The van der Waals surface area contributed by atoms with Crippen LogP contribution in [0.1, 0.15) is 12.5 Å². The minimum absolute atomic E-state index is 0.0685. The maximum Gasteiger partial charge on any atom is 0.236 e. The molecule has 1 aromatic rings. The number of hydrogen-bond donors (Lipinski definition) is 1. The molecule has 2 rings (SSSR count). The molecule has 0 saturated heterocycles. The predicted molar refractivity (Wildman–Crippen MR) is 70.0 cm³/mol. The van der Waals surface area contributed by atoms with Crippen LogP contribution in [-0.4, -0.2) is 33.2 Å². The van der Waals surface area contributed by atoms with Crippen LogP contribution in [0.25, 0.3) is 0 Å². The highest BCUT2D eigenvalue weighted by Crippen LogP contribution is 2.29. The summed E-state index contributed by atoms with van der Waals surface area (Å²) in [6.45, 7) is 2.01. The van der Waals surface area contributed by atoms with E-state index in [4.69, 9.17) is 0 Å². The first-order valence-corrected chi connectivity index (χ1v) is 7.44. The summed E-state index contributed by atoms with van der Waals surface area (Å²) in [6, 6.07) is 7.50. The summed E-state index contributed by atoms with van der Waals surface area (Å²) >= 11 is 0. The highest BCUT2D eigenvalue weighted by molar-refractivity contribution is 7.92. The van der Waals surface area contributed by atoms with E-state index in [1.165, 1.54) is 11.2 Å². The van der Waals surface area contributed by atoms with Gasteiger partial charge in [0, 0.05) is 20.0 Å². The number of anilines is 1. The largest absolute Gasteiger partial charge is 0.355 e. The van der Waals surface area contributed by atoms with Crippen molar-refractivity contribution in [2.45, 2.75) is 13.3 Å². The van der Waals surface area contributed by atoms with Crippen molar-refractivity contribution in [3.8, 4) is 0 Å². The zero-order chi connectivity index (χ0) is 13.2. The van der Waals surface area contributed by atoms with Crippen LogP contribution >= 0.6 is 0 Å². The van der Waals surface area contributed by atoms with E-state index in [1.807, 2.05) is 24.3 Å². The third-order valence-electron chi connectivity index (χ3n) is 2.91. The minimum Gasteiger partial charge on any atom is -0.355 e. The number of sulfonamides is 1. The van der Waals surface area contributed by atoms with Gasteiger partial charge in [-0.3, -0.25) is 9.10 Å². The Hall–Kier alpha value is -1.56. The van der Waals surface area contributed by atoms with Crippen LogP contribution in [0.3, 0.4) is 0 Å². The molecule has 98 valence electrons. The van der Waals surface area contributed by atoms with Gasteiger partial charge in [0.15, 0.2) is 0 Å². The zero-order valence-corrected chi connectivity index (χ0v) is 11.0. The third-order valence-corrected chi connectivity index (χ3v) is 4.69. The van der Waals surface area contributed by atoms with Crippen molar-refractivity contribution in [3.05, 3.63) is 29.8 Å². The SMILES string of the molecule is CC(=O)NCCS(=O)(=O)N1CCc2ccccc21. The van der Waals surface area contributed by atoms with E-state index in [0.717, 1.165) is 17.7 Å². The van der Waals surface area contributed by atoms with Gasteiger partial charge < -0.3 is 5.32 Å². The molecule has 0 saturated carbocycles. The topological polar surface area (TPSA) is 66.5 Å². The van der Waals surface area contributed by atoms with Gasteiger partial charge in [-0.15, -0.1) is 0 Å². The summed E-state index contributed by atoms with van der Waals surface area (Å²) in [7, 11) is -3.35. The first-order valence-electron chi connectivity index (χ1n) is 5.83. The average molecular weight is 268 g/mol. The number of rotatable bonds is 4. The number of para-hydroxylation sites is 1. The number of hydrogen-bond acceptors (Lipinski definition) is 3. The highest BCUT2D eigenvalue weighted by Gasteiger charge is 2.28. The lowest BCUT2D eigenvalue weighted by molar-refractivity contribution is -0.118. The second-order valence-corrected chi connectivity index (χ2v) is 6.26. The van der Waals surface area contributed by atoms with Crippen LogP contribution in [0.15, 0.2) is 24.3 Å². The van der Waals surface area contributed by atoms with E-state index in [0.29, 0.717) is 6.54 Å². The number of benzene rings is 1. The van der Waals surface area contributed by atoms with Crippen molar-refractivity contribution < 1.29 is 13.2 Å². The molecule has 1 aliphatic rings. The van der Waals surface area contributed by atoms with Crippen molar-refractivity contribution in [1.29, 1.82) is 0 Å². The van der Waals surface area contributed by atoms with E-state index >= 15 is 0 Å². The molecular formula is C12H16N2O3S. The Morgan fingerprint density at radius 3 is 2.83 bits per heavy atom. The fraction of sp³-hybridized carbons (Fsp3) is 0.417. The normalized spacial score (nSPS) is 14.4. The second kappa shape index (κ2) is 4.97. The van der Waals surface area contributed by atoms with Crippen LogP contribution < -0.4 is 9.62 Å². The Morgan fingerprint density at radius 2 is 2.11 bits per heavy atom. The molecule has 0 unspecified atom stereocenters. The molecule has 0 aliphatic carbocycles. The molecule has 0 aromatic heterocycles. The standard InChI is InChI=1S/C12H16N2O3S/c1-10(15)13-7-9-18(16,17)14-8-6-11-4-2-3-5-12(11)14/h2-5H,6-9H2,1H3,(H,13,15). The second-order valence-electron chi connectivity index (χ2n) is 4.25. The molecule has 0 fully saturated rings. The van der Waals surface area contributed by atoms with Gasteiger partial charge in [0.1, 0.15) is 0 Å². The molecule has 1 amide bonds. The van der Waals surface area contributed by atoms with Gasteiger partial charge in [-0.05, 0) is 18.1 Å². The Balaban J connectivity index is 2.10. The van der Waals surface area contributed by atoms with Crippen molar-refractivity contribution >= 4 is 21.6 Å². The summed E-state index contributed by atoms with van der Waals surface area (Å²) in [6.07, 6.45) is 0.746. The monoisotopic (exact) mass is 268 g/mol. The Bertz CT molecular complexity index is 554. The highest BCUT2D eigenvalue weighted by atomic mass is 32.2. The van der Waals surface area contributed by atoms with Gasteiger partial charge in [-0.25, -0.2) is 8.42 Å². The van der Waals surface area contributed by atoms with E-state index < -0.39 is 10.0 Å². The van der Waals surface area contributed by atoms with Crippen molar-refractivity contribution in [3.63, 3.8) is 0 Å². The summed E-state index contributed by atoms with van der Waals surface area (Å²) < 4.78 is 25.7. The lowest BCUT2D eigenvalue weighted by Gasteiger charge is -2.19. The molecule has 18 heavy (non-hydrogen) atoms. The molecule has 1 heterocycles. The lowest BCUT2D eigenvalue weighted by atomic mass is 10.2. The lowest BCUT2D eigenvalue weighted by Crippen LogP contribution is -2.36. The molecule has 0 bridgehead atoms.